The fraction of sp³-hybridized carbons (Fsp3) is 0.222. The van der Waals surface area contributed by atoms with E-state index in [1.807, 2.05) is 36.6 Å². The van der Waals surface area contributed by atoms with Gasteiger partial charge >= 0.3 is 0 Å². The highest BCUT2D eigenvalue weighted by Crippen LogP contribution is 2.04. The van der Waals surface area contributed by atoms with Gasteiger partial charge in [-0.05, 0) is 12.0 Å². The lowest BCUT2D eigenvalue weighted by molar-refractivity contribution is 0.553. The third-order valence-corrected chi connectivity index (χ3v) is 1.70. The molecule has 0 saturated carbocycles. The molecule has 1 aromatic rings. The van der Waals surface area contributed by atoms with E-state index in [1.54, 1.807) is 0 Å². The first kappa shape index (κ1) is 8.34. The van der Waals surface area contributed by atoms with Crippen LogP contribution in [0.25, 0.3) is 0 Å². The first-order chi connectivity index (χ1) is 5.33. The van der Waals surface area contributed by atoms with Crippen molar-refractivity contribution in [1.82, 2.24) is 0 Å². The first-order valence-corrected chi connectivity index (χ1v) is 3.94. The Balaban J connectivity index is 2.57. The summed E-state index contributed by atoms with van der Waals surface area (Å²) in [5, 5.41) is -0.294. The van der Waals surface area contributed by atoms with Gasteiger partial charge < -0.3 is 0 Å². The Kier molecular flexibility index (Phi) is 3.17. The molecule has 0 aliphatic heterocycles. The Labute approximate surface area is 71.8 Å². The molecule has 0 aromatic heterocycles. The molecule has 1 unspecified atom stereocenters. The van der Waals surface area contributed by atoms with Crippen LogP contribution in [0.3, 0.4) is 0 Å². The second-order valence-electron chi connectivity index (χ2n) is 2.32. The molecule has 0 amide bonds. The summed E-state index contributed by atoms with van der Waals surface area (Å²) in [4.78, 5) is 10.1. The third kappa shape index (κ3) is 2.76. The average molecular weight is 165 g/mol. The van der Waals surface area contributed by atoms with E-state index in [0.717, 1.165) is 5.56 Å². The lowest BCUT2D eigenvalue weighted by Gasteiger charge is -2.00. The van der Waals surface area contributed by atoms with Gasteiger partial charge in [-0.15, -0.1) is 0 Å². The normalized spacial score (nSPS) is 12.5. The van der Waals surface area contributed by atoms with Crippen LogP contribution in [-0.4, -0.2) is 11.5 Å². The number of carbonyl (C=O) groups excluding carboxylic acids is 1. The fourth-order valence-electron chi connectivity index (χ4n) is 0.879. The van der Waals surface area contributed by atoms with E-state index < -0.39 is 0 Å². The van der Waals surface area contributed by atoms with Crippen LogP contribution in [0.1, 0.15) is 5.56 Å². The monoisotopic (exact) mass is 165 g/mol. The molecular formula is C9H9OS. The van der Waals surface area contributed by atoms with E-state index >= 15 is 0 Å². The van der Waals surface area contributed by atoms with Crippen LogP contribution in [0.15, 0.2) is 30.3 Å². The fourth-order valence-corrected chi connectivity index (χ4v) is 1.09. The van der Waals surface area contributed by atoms with E-state index in [-0.39, 0.29) is 5.25 Å². The second kappa shape index (κ2) is 4.19. The number of hydrogen-bond acceptors (Lipinski definition) is 2. The van der Waals surface area contributed by atoms with Crippen molar-refractivity contribution in [3.63, 3.8) is 0 Å². The van der Waals surface area contributed by atoms with Gasteiger partial charge in [0.15, 0.2) is 0 Å². The van der Waals surface area contributed by atoms with Crippen molar-refractivity contribution in [2.24, 2.45) is 0 Å². The molecule has 57 valence electrons. The largest absolute Gasteiger partial charge is 0.290 e. The van der Waals surface area contributed by atoms with Crippen molar-refractivity contribution >= 4 is 18.9 Å². The molecule has 11 heavy (non-hydrogen) atoms. The van der Waals surface area contributed by atoms with Crippen molar-refractivity contribution in [2.75, 3.05) is 0 Å². The lowest BCUT2D eigenvalue weighted by Crippen LogP contribution is -2.03. The van der Waals surface area contributed by atoms with Crippen molar-refractivity contribution in [3.05, 3.63) is 35.9 Å². The van der Waals surface area contributed by atoms with E-state index in [9.17, 15) is 4.79 Å². The lowest BCUT2D eigenvalue weighted by atomic mass is 10.1. The molecule has 0 spiro atoms. The number of thiol groups is 1. The van der Waals surface area contributed by atoms with Gasteiger partial charge in [-0.3, -0.25) is 4.79 Å². The van der Waals surface area contributed by atoms with E-state index in [0.29, 0.717) is 6.42 Å². The van der Waals surface area contributed by atoms with Crippen molar-refractivity contribution < 1.29 is 4.79 Å². The standard InChI is InChI=1S/C9H9OS/c10-7-9(11)6-8-4-2-1-3-5-8/h1-5,9,11H,6H2. The maximum absolute atomic E-state index is 10.1. The molecule has 0 aliphatic carbocycles. The van der Waals surface area contributed by atoms with Crippen molar-refractivity contribution in [1.29, 1.82) is 0 Å². The Morgan fingerprint density at radius 1 is 1.36 bits per heavy atom. The van der Waals surface area contributed by atoms with Crippen molar-refractivity contribution in [3.8, 4) is 0 Å². The molecule has 0 bridgehead atoms. The van der Waals surface area contributed by atoms with Gasteiger partial charge in [-0.1, -0.05) is 30.3 Å². The molecule has 1 nitrogen and oxygen atoms in total. The zero-order chi connectivity index (χ0) is 8.10. The minimum atomic E-state index is -0.294. The summed E-state index contributed by atoms with van der Waals surface area (Å²) >= 11 is 4.02. The smallest absolute Gasteiger partial charge is 0.212 e. The van der Waals surface area contributed by atoms with E-state index in [1.165, 1.54) is 0 Å². The van der Waals surface area contributed by atoms with Crippen LogP contribution in [0, 0.1) is 0 Å². The van der Waals surface area contributed by atoms with Crippen molar-refractivity contribution in [2.45, 2.75) is 11.7 Å². The quantitative estimate of drug-likeness (QED) is 0.674. The van der Waals surface area contributed by atoms with Crippen LogP contribution in [0.4, 0.5) is 0 Å². The maximum atomic E-state index is 10.1. The Morgan fingerprint density at radius 2 is 2.00 bits per heavy atom. The first-order valence-electron chi connectivity index (χ1n) is 3.42. The van der Waals surface area contributed by atoms with Gasteiger partial charge in [-0.25, -0.2) is 0 Å². The summed E-state index contributed by atoms with van der Waals surface area (Å²) in [5.41, 5.74) is 1.12. The van der Waals surface area contributed by atoms with Gasteiger partial charge in [-0.2, -0.15) is 12.6 Å². The minimum absolute atomic E-state index is 0.294. The topological polar surface area (TPSA) is 17.1 Å². The molecule has 0 N–H and O–H groups in total. The molecule has 1 aromatic carbocycles. The summed E-state index contributed by atoms with van der Waals surface area (Å²) in [7, 11) is 0. The SMILES string of the molecule is O=[C]C(S)Cc1ccccc1. The predicted octanol–water partition coefficient (Wildman–Crippen LogP) is 1.64. The molecular weight excluding hydrogens is 156 g/mol. The van der Waals surface area contributed by atoms with Crippen LogP contribution >= 0.6 is 12.6 Å². The van der Waals surface area contributed by atoms with Gasteiger partial charge in [0.25, 0.3) is 0 Å². The summed E-state index contributed by atoms with van der Waals surface area (Å²) in [6.07, 6.45) is 2.49. The molecule has 1 radical (unpaired) electrons. The average Bonchev–Trinajstić information content (AvgIpc) is 2.06. The van der Waals surface area contributed by atoms with Gasteiger partial charge in [0, 0.05) is 0 Å². The Bertz CT molecular complexity index is 220. The second-order valence-corrected chi connectivity index (χ2v) is 2.95. The Hall–Kier alpha value is -0.760. The molecule has 0 fully saturated rings. The van der Waals surface area contributed by atoms with Gasteiger partial charge in [0.05, 0.1) is 5.25 Å². The minimum Gasteiger partial charge on any atom is -0.290 e. The zero-order valence-electron chi connectivity index (χ0n) is 6.03. The molecule has 1 rings (SSSR count). The number of benzene rings is 1. The number of hydrogen-bond donors (Lipinski definition) is 1. The molecule has 0 heterocycles. The third-order valence-electron chi connectivity index (χ3n) is 1.41. The van der Waals surface area contributed by atoms with Crippen LogP contribution in [0.5, 0.6) is 0 Å². The Morgan fingerprint density at radius 3 is 2.55 bits per heavy atom. The van der Waals surface area contributed by atoms with Crippen LogP contribution < -0.4 is 0 Å². The molecule has 0 aliphatic rings. The molecule has 2 heteroatoms. The number of rotatable bonds is 3. The highest BCUT2D eigenvalue weighted by molar-refractivity contribution is 7.81. The zero-order valence-corrected chi connectivity index (χ0v) is 6.92. The highest BCUT2D eigenvalue weighted by atomic mass is 32.1. The van der Waals surface area contributed by atoms with E-state index in [2.05, 4.69) is 12.6 Å². The van der Waals surface area contributed by atoms with E-state index in [4.69, 9.17) is 0 Å². The predicted molar refractivity (Wildman–Crippen MR) is 48.6 cm³/mol. The highest BCUT2D eigenvalue weighted by Gasteiger charge is 2.01. The summed E-state index contributed by atoms with van der Waals surface area (Å²) in [6.45, 7) is 0. The summed E-state index contributed by atoms with van der Waals surface area (Å²) < 4.78 is 0. The van der Waals surface area contributed by atoms with Gasteiger partial charge in [0.2, 0.25) is 6.29 Å². The summed E-state index contributed by atoms with van der Waals surface area (Å²) in [5.74, 6) is 0. The molecule has 0 saturated heterocycles. The van der Waals surface area contributed by atoms with Crippen LogP contribution in [-0.2, 0) is 11.2 Å². The maximum Gasteiger partial charge on any atom is 0.212 e. The summed E-state index contributed by atoms with van der Waals surface area (Å²) in [6, 6.07) is 9.78. The van der Waals surface area contributed by atoms with Crippen LogP contribution in [0.2, 0.25) is 0 Å². The van der Waals surface area contributed by atoms with Gasteiger partial charge in [0.1, 0.15) is 0 Å². The molecule has 1 atom stereocenters.